The fourth-order valence-corrected chi connectivity index (χ4v) is 2.36. The molecule has 15 heavy (non-hydrogen) atoms. The van der Waals surface area contributed by atoms with Gasteiger partial charge < -0.3 is 10.6 Å². The highest BCUT2D eigenvalue weighted by molar-refractivity contribution is 5.00. The molecule has 2 nitrogen and oxygen atoms in total. The van der Waals surface area contributed by atoms with Crippen molar-refractivity contribution in [3.8, 4) is 11.8 Å². The molecular formula is C13H26N2. The van der Waals surface area contributed by atoms with Gasteiger partial charge in [-0.25, -0.2) is 0 Å². The van der Waals surface area contributed by atoms with Gasteiger partial charge in [0, 0.05) is 18.0 Å². The lowest BCUT2D eigenvalue weighted by Gasteiger charge is -2.43. The van der Waals surface area contributed by atoms with E-state index in [1.807, 2.05) is 6.92 Å². The minimum atomic E-state index is 0.134. The lowest BCUT2D eigenvalue weighted by molar-refractivity contribution is 0.102. The molecule has 0 aliphatic heterocycles. The van der Waals surface area contributed by atoms with Crippen LogP contribution in [0.2, 0.25) is 0 Å². The van der Waals surface area contributed by atoms with E-state index in [1.54, 1.807) is 0 Å². The van der Waals surface area contributed by atoms with Crippen LogP contribution in [0.5, 0.6) is 0 Å². The van der Waals surface area contributed by atoms with Crippen molar-refractivity contribution in [3.05, 3.63) is 0 Å². The van der Waals surface area contributed by atoms with Crippen molar-refractivity contribution in [1.29, 1.82) is 0 Å². The summed E-state index contributed by atoms with van der Waals surface area (Å²) in [5.41, 5.74) is 6.44. The zero-order chi connectivity index (χ0) is 11.9. The van der Waals surface area contributed by atoms with Crippen molar-refractivity contribution in [3.63, 3.8) is 0 Å². The standard InChI is InChI=1S/C13H26N2/c1-6-9-10-11-12(14)13(7-2,8-3)15(4)5/h12H,7-8,10-11,14H2,1-5H3. The molecule has 0 aromatic carbocycles. The minimum absolute atomic E-state index is 0.134. The van der Waals surface area contributed by atoms with Crippen LogP contribution in [0.4, 0.5) is 0 Å². The molecule has 1 unspecified atom stereocenters. The predicted molar refractivity (Wildman–Crippen MR) is 67.7 cm³/mol. The molecule has 0 heterocycles. The summed E-state index contributed by atoms with van der Waals surface area (Å²) in [5, 5.41) is 0. The molecule has 0 radical (unpaired) electrons. The highest BCUT2D eigenvalue weighted by Gasteiger charge is 2.34. The third-order valence-corrected chi connectivity index (χ3v) is 3.56. The number of nitrogens with zero attached hydrogens (tertiary/aromatic N) is 1. The topological polar surface area (TPSA) is 29.3 Å². The maximum Gasteiger partial charge on any atom is 0.0349 e. The SMILES string of the molecule is CC#CCCC(N)C(CC)(CC)N(C)C. The molecule has 2 heteroatoms. The molecule has 0 aliphatic rings. The second-order valence-electron chi connectivity index (χ2n) is 4.28. The van der Waals surface area contributed by atoms with Gasteiger partial charge in [-0.2, -0.15) is 0 Å². The van der Waals surface area contributed by atoms with E-state index >= 15 is 0 Å². The van der Waals surface area contributed by atoms with Gasteiger partial charge in [0.1, 0.15) is 0 Å². The normalized spacial score (nSPS) is 13.5. The van der Waals surface area contributed by atoms with Crippen LogP contribution in [-0.2, 0) is 0 Å². The Morgan fingerprint density at radius 2 is 1.80 bits per heavy atom. The van der Waals surface area contributed by atoms with Crippen LogP contribution >= 0.6 is 0 Å². The minimum Gasteiger partial charge on any atom is -0.326 e. The average Bonchev–Trinajstić information content (AvgIpc) is 2.20. The van der Waals surface area contributed by atoms with E-state index in [1.165, 1.54) is 0 Å². The van der Waals surface area contributed by atoms with Gasteiger partial charge in [0.05, 0.1) is 0 Å². The van der Waals surface area contributed by atoms with Crippen molar-refractivity contribution in [1.82, 2.24) is 4.90 Å². The molecule has 0 rings (SSSR count). The van der Waals surface area contributed by atoms with E-state index in [9.17, 15) is 0 Å². The van der Waals surface area contributed by atoms with Gasteiger partial charge in [-0.3, -0.25) is 0 Å². The summed E-state index contributed by atoms with van der Waals surface area (Å²) in [6.45, 7) is 6.31. The molecule has 0 spiro atoms. The maximum atomic E-state index is 6.31. The first-order chi connectivity index (χ1) is 7.05. The fraction of sp³-hybridized carbons (Fsp3) is 0.846. The third kappa shape index (κ3) is 3.52. The largest absolute Gasteiger partial charge is 0.326 e. The molecule has 88 valence electrons. The first-order valence-corrected chi connectivity index (χ1v) is 5.87. The summed E-state index contributed by atoms with van der Waals surface area (Å²) in [7, 11) is 4.25. The Balaban J connectivity index is 4.51. The molecule has 0 aromatic heterocycles. The van der Waals surface area contributed by atoms with Crippen LogP contribution < -0.4 is 5.73 Å². The van der Waals surface area contributed by atoms with E-state index in [0.717, 1.165) is 25.7 Å². The molecule has 0 aliphatic carbocycles. The van der Waals surface area contributed by atoms with Gasteiger partial charge in [-0.05, 0) is 40.3 Å². The van der Waals surface area contributed by atoms with Crippen molar-refractivity contribution in [2.45, 2.75) is 58.0 Å². The van der Waals surface area contributed by atoms with Gasteiger partial charge in [0.15, 0.2) is 0 Å². The Bertz CT molecular complexity index is 218. The van der Waals surface area contributed by atoms with E-state index in [-0.39, 0.29) is 11.6 Å². The Morgan fingerprint density at radius 1 is 1.27 bits per heavy atom. The first-order valence-electron chi connectivity index (χ1n) is 5.87. The van der Waals surface area contributed by atoms with Crippen LogP contribution in [0.3, 0.4) is 0 Å². The quantitative estimate of drug-likeness (QED) is 0.681. The maximum absolute atomic E-state index is 6.31. The molecular weight excluding hydrogens is 184 g/mol. The highest BCUT2D eigenvalue weighted by Crippen LogP contribution is 2.26. The Kier molecular flexibility index (Phi) is 6.63. The Morgan fingerprint density at radius 3 is 2.13 bits per heavy atom. The predicted octanol–water partition coefficient (Wildman–Crippen LogP) is 2.24. The monoisotopic (exact) mass is 210 g/mol. The van der Waals surface area contributed by atoms with Crippen molar-refractivity contribution >= 4 is 0 Å². The zero-order valence-corrected chi connectivity index (χ0v) is 10.9. The lowest BCUT2D eigenvalue weighted by Crippen LogP contribution is -2.56. The number of nitrogens with two attached hydrogens (primary N) is 1. The molecule has 2 N–H and O–H groups in total. The van der Waals surface area contributed by atoms with E-state index < -0.39 is 0 Å². The summed E-state index contributed by atoms with van der Waals surface area (Å²) in [4.78, 5) is 2.27. The summed E-state index contributed by atoms with van der Waals surface area (Å²) in [5.74, 6) is 6.01. The van der Waals surface area contributed by atoms with Crippen LogP contribution in [0, 0.1) is 11.8 Å². The molecule has 0 saturated heterocycles. The number of likely N-dealkylation sites (N-methyl/N-ethyl adjacent to an activating group) is 1. The molecule has 0 bridgehead atoms. The van der Waals surface area contributed by atoms with Crippen molar-refractivity contribution < 1.29 is 0 Å². The highest BCUT2D eigenvalue weighted by atomic mass is 15.2. The lowest BCUT2D eigenvalue weighted by atomic mass is 9.81. The first kappa shape index (κ1) is 14.5. The molecule has 0 amide bonds. The second-order valence-corrected chi connectivity index (χ2v) is 4.28. The summed E-state index contributed by atoms with van der Waals surface area (Å²) < 4.78 is 0. The number of rotatable bonds is 6. The van der Waals surface area contributed by atoms with Gasteiger partial charge in [-0.15, -0.1) is 11.8 Å². The van der Waals surface area contributed by atoms with E-state index in [0.29, 0.717) is 0 Å². The Labute approximate surface area is 95.2 Å². The summed E-state index contributed by atoms with van der Waals surface area (Å²) >= 11 is 0. The average molecular weight is 210 g/mol. The van der Waals surface area contributed by atoms with Gasteiger partial charge >= 0.3 is 0 Å². The van der Waals surface area contributed by atoms with Crippen LogP contribution in [0.15, 0.2) is 0 Å². The van der Waals surface area contributed by atoms with E-state index in [4.69, 9.17) is 5.73 Å². The van der Waals surface area contributed by atoms with Crippen molar-refractivity contribution in [2.75, 3.05) is 14.1 Å². The van der Waals surface area contributed by atoms with Crippen LogP contribution in [-0.4, -0.2) is 30.6 Å². The molecule has 0 saturated carbocycles. The summed E-state index contributed by atoms with van der Waals surface area (Å²) in [6.07, 6.45) is 4.09. The van der Waals surface area contributed by atoms with Gasteiger partial charge in [0.25, 0.3) is 0 Å². The number of hydrogen-bond donors (Lipinski definition) is 1. The Hall–Kier alpha value is -0.520. The molecule has 0 fully saturated rings. The fourth-order valence-electron chi connectivity index (χ4n) is 2.36. The molecule has 0 aromatic rings. The third-order valence-electron chi connectivity index (χ3n) is 3.56. The smallest absolute Gasteiger partial charge is 0.0349 e. The zero-order valence-electron chi connectivity index (χ0n) is 10.9. The van der Waals surface area contributed by atoms with Crippen LogP contribution in [0.25, 0.3) is 0 Å². The summed E-state index contributed by atoms with van der Waals surface area (Å²) in [6, 6.07) is 0.211. The second kappa shape index (κ2) is 6.87. The van der Waals surface area contributed by atoms with Crippen molar-refractivity contribution in [2.24, 2.45) is 5.73 Å². The van der Waals surface area contributed by atoms with E-state index in [2.05, 4.69) is 44.7 Å². The van der Waals surface area contributed by atoms with Crippen LogP contribution in [0.1, 0.15) is 46.5 Å². The number of hydrogen-bond acceptors (Lipinski definition) is 2. The molecule has 1 atom stereocenters. The van der Waals surface area contributed by atoms with Gasteiger partial charge in [0.2, 0.25) is 0 Å². The van der Waals surface area contributed by atoms with Gasteiger partial charge in [-0.1, -0.05) is 13.8 Å².